The summed E-state index contributed by atoms with van der Waals surface area (Å²) < 4.78 is 33.3. The maximum absolute atomic E-state index is 14.6. The van der Waals surface area contributed by atoms with Gasteiger partial charge in [0.05, 0.1) is 24.6 Å². The number of methoxy groups -OCH3 is 1. The van der Waals surface area contributed by atoms with E-state index in [1.54, 1.807) is 54.6 Å². The summed E-state index contributed by atoms with van der Waals surface area (Å²) >= 11 is 0. The van der Waals surface area contributed by atoms with Crippen LogP contribution in [0, 0.1) is 11.6 Å². The number of hydrogen-bond donors (Lipinski definition) is 1. The van der Waals surface area contributed by atoms with Crippen molar-refractivity contribution in [1.29, 1.82) is 0 Å². The quantitative estimate of drug-likeness (QED) is 0.552. The summed E-state index contributed by atoms with van der Waals surface area (Å²) in [6, 6.07) is 17.6. The monoisotopic (exact) mass is 478 g/mol. The molecular formula is C26H24F2N4O3. The average Bonchev–Trinajstić information content (AvgIpc) is 3.30. The van der Waals surface area contributed by atoms with Crippen LogP contribution in [0.5, 0.6) is 5.75 Å². The maximum atomic E-state index is 14.6. The molecule has 180 valence electrons. The second kappa shape index (κ2) is 10.3. The Morgan fingerprint density at radius 3 is 2.46 bits per heavy atom. The standard InChI is InChI=1S/C26H24F2N4O3/c1-31(26(34)29-21-9-5-6-10-24(21)35-2)16-25(33)32-23(19-7-3-4-8-20(19)28)15-22(30-32)17-11-13-18(27)14-12-17/h3-14,23H,15-16H2,1-2H3,(H,29,34)/t23-/m0/s1. The summed E-state index contributed by atoms with van der Waals surface area (Å²) in [6.07, 6.45) is 0.245. The maximum Gasteiger partial charge on any atom is 0.322 e. The summed E-state index contributed by atoms with van der Waals surface area (Å²) in [7, 11) is 2.96. The number of likely N-dealkylation sites (N-methyl/N-ethyl adjacent to an activating group) is 1. The second-order valence-electron chi connectivity index (χ2n) is 8.02. The fraction of sp³-hybridized carbons (Fsp3) is 0.192. The first kappa shape index (κ1) is 23.9. The first-order chi connectivity index (χ1) is 16.9. The van der Waals surface area contributed by atoms with Gasteiger partial charge >= 0.3 is 6.03 Å². The van der Waals surface area contributed by atoms with Gasteiger partial charge in [0.15, 0.2) is 0 Å². The molecule has 0 bridgehead atoms. The van der Waals surface area contributed by atoms with Crippen molar-refractivity contribution in [2.24, 2.45) is 5.10 Å². The summed E-state index contributed by atoms with van der Waals surface area (Å²) in [5.41, 5.74) is 1.92. The molecule has 0 spiro atoms. The zero-order valence-corrected chi connectivity index (χ0v) is 19.2. The van der Waals surface area contributed by atoms with Crippen molar-refractivity contribution < 1.29 is 23.1 Å². The molecule has 0 fully saturated rings. The van der Waals surface area contributed by atoms with E-state index >= 15 is 0 Å². The van der Waals surface area contributed by atoms with E-state index < -0.39 is 29.6 Å². The van der Waals surface area contributed by atoms with Crippen LogP contribution in [0.15, 0.2) is 77.9 Å². The molecule has 1 aliphatic rings. The number of carbonyl (C=O) groups is 2. The molecule has 1 N–H and O–H groups in total. The molecule has 0 saturated heterocycles. The lowest BCUT2D eigenvalue weighted by Crippen LogP contribution is -2.41. The number of nitrogens with one attached hydrogen (secondary N) is 1. The Morgan fingerprint density at radius 1 is 1.06 bits per heavy atom. The smallest absolute Gasteiger partial charge is 0.322 e. The van der Waals surface area contributed by atoms with Crippen LogP contribution in [0.3, 0.4) is 0 Å². The van der Waals surface area contributed by atoms with E-state index in [4.69, 9.17) is 4.74 Å². The minimum atomic E-state index is -0.700. The Hall–Kier alpha value is -4.27. The molecule has 0 unspecified atom stereocenters. The lowest BCUT2D eigenvalue weighted by atomic mass is 9.98. The van der Waals surface area contributed by atoms with Crippen LogP contribution in [-0.2, 0) is 4.79 Å². The normalized spacial score (nSPS) is 14.9. The second-order valence-corrected chi connectivity index (χ2v) is 8.02. The van der Waals surface area contributed by atoms with Crippen molar-refractivity contribution in [2.75, 3.05) is 26.0 Å². The number of carbonyl (C=O) groups excluding carboxylic acids is 2. The van der Waals surface area contributed by atoms with E-state index in [0.29, 0.717) is 28.3 Å². The van der Waals surface area contributed by atoms with Crippen molar-refractivity contribution in [3.05, 3.63) is 95.6 Å². The summed E-state index contributed by atoms with van der Waals surface area (Å²) in [6.45, 7) is -0.299. The Balaban J connectivity index is 1.55. The fourth-order valence-electron chi connectivity index (χ4n) is 3.85. The number of rotatable bonds is 6. The molecule has 1 heterocycles. The fourth-order valence-corrected chi connectivity index (χ4v) is 3.85. The third-order valence-corrected chi connectivity index (χ3v) is 5.68. The van der Waals surface area contributed by atoms with Gasteiger partial charge in [-0.25, -0.2) is 18.6 Å². The van der Waals surface area contributed by atoms with Gasteiger partial charge in [-0.2, -0.15) is 5.10 Å². The molecule has 35 heavy (non-hydrogen) atoms. The van der Waals surface area contributed by atoms with Gasteiger partial charge < -0.3 is 15.0 Å². The van der Waals surface area contributed by atoms with E-state index in [9.17, 15) is 18.4 Å². The number of para-hydroxylation sites is 2. The largest absolute Gasteiger partial charge is 0.495 e. The van der Waals surface area contributed by atoms with Crippen molar-refractivity contribution in [2.45, 2.75) is 12.5 Å². The first-order valence-electron chi connectivity index (χ1n) is 10.9. The van der Waals surface area contributed by atoms with Crippen molar-refractivity contribution in [1.82, 2.24) is 9.91 Å². The van der Waals surface area contributed by atoms with Gasteiger partial charge in [-0.05, 0) is 35.9 Å². The Bertz CT molecular complexity index is 1260. The third kappa shape index (κ3) is 5.29. The first-order valence-corrected chi connectivity index (χ1v) is 10.9. The minimum absolute atomic E-state index is 0.245. The number of ether oxygens (including phenoxy) is 1. The van der Waals surface area contributed by atoms with Gasteiger partial charge in [-0.3, -0.25) is 4.79 Å². The number of anilines is 1. The SMILES string of the molecule is COc1ccccc1NC(=O)N(C)CC(=O)N1N=C(c2ccc(F)cc2)C[C@H]1c1ccccc1F. The average molecular weight is 478 g/mol. The van der Waals surface area contributed by atoms with E-state index in [1.807, 2.05) is 0 Å². The molecule has 0 radical (unpaired) electrons. The molecule has 1 atom stereocenters. The lowest BCUT2D eigenvalue weighted by Gasteiger charge is -2.25. The number of urea groups is 1. The number of halogens is 2. The number of nitrogens with zero attached hydrogens (tertiary/aromatic N) is 3. The highest BCUT2D eigenvalue weighted by Gasteiger charge is 2.35. The van der Waals surface area contributed by atoms with E-state index in [0.717, 1.165) is 0 Å². The van der Waals surface area contributed by atoms with Crippen molar-refractivity contribution in [3.8, 4) is 5.75 Å². The van der Waals surface area contributed by atoms with Gasteiger partial charge in [-0.1, -0.05) is 42.5 Å². The highest BCUT2D eigenvalue weighted by atomic mass is 19.1. The molecule has 3 aromatic rings. The Labute approximate surface area is 201 Å². The number of hydrogen-bond acceptors (Lipinski definition) is 4. The van der Waals surface area contributed by atoms with Crippen LogP contribution >= 0.6 is 0 Å². The molecular weight excluding hydrogens is 454 g/mol. The molecule has 3 amide bonds. The molecule has 7 nitrogen and oxygen atoms in total. The van der Waals surface area contributed by atoms with Gasteiger partial charge in [0.2, 0.25) is 0 Å². The predicted octanol–water partition coefficient (Wildman–Crippen LogP) is 4.82. The van der Waals surface area contributed by atoms with Crippen LogP contribution in [0.2, 0.25) is 0 Å². The highest BCUT2D eigenvalue weighted by Crippen LogP contribution is 2.34. The topological polar surface area (TPSA) is 74.2 Å². The number of amides is 3. The molecule has 4 rings (SSSR count). The molecule has 3 aromatic carbocycles. The van der Waals surface area contributed by atoms with Crippen LogP contribution in [0.25, 0.3) is 0 Å². The molecule has 0 saturated carbocycles. The minimum Gasteiger partial charge on any atom is -0.495 e. The number of benzene rings is 3. The third-order valence-electron chi connectivity index (χ3n) is 5.68. The Kier molecular flexibility index (Phi) is 7.05. The van der Waals surface area contributed by atoms with E-state index in [-0.39, 0.29) is 13.0 Å². The van der Waals surface area contributed by atoms with Gasteiger partial charge in [0.1, 0.15) is 23.9 Å². The zero-order valence-electron chi connectivity index (χ0n) is 19.2. The van der Waals surface area contributed by atoms with E-state index in [1.165, 1.54) is 42.3 Å². The van der Waals surface area contributed by atoms with Crippen LogP contribution in [0.1, 0.15) is 23.6 Å². The molecule has 0 aliphatic carbocycles. The lowest BCUT2D eigenvalue weighted by molar-refractivity contribution is -0.133. The van der Waals surface area contributed by atoms with Gasteiger partial charge in [0, 0.05) is 19.0 Å². The van der Waals surface area contributed by atoms with Gasteiger partial charge in [-0.15, -0.1) is 0 Å². The van der Waals surface area contributed by atoms with Crippen LogP contribution in [-0.4, -0.2) is 48.3 Å². The summed E-state index contributed by atoms with van der Waals surface area (Å²) in [5.74, 6) is -0.872. The predicted molar refractivity (Wildman–Crippen MR) is 128 cm³/mol. The number of hydrazone groups is 1. The van der Waals surface area contributed by atoms with Crippen LogP contribution in [0.4, 0.5) is 19.3 Å². The Morgan fingerprint density at radius 2 is 1.74 bits per heavy atom. The highest BCUT2D eigenvalue weighted by molar-refractivity contribution is 6.03. The molecule has 9 heteroatoms. The van der Waals surface area contributed by atoms with Gasteiger partial charge in [0.25, 0.3) is 5.91 Å². The van der Waals surface area contributed by atoms with Crippen LogP contribution < -0.4 is 10.1 Å². The molecule has 0 aromatic heterocycles. The summed E-state index contributed by atoms with van der Waals surface area (Å²) in [5, 5.41) is 8.35. The summed E-state index contributed by atoms with van der Waals surface area (Å²) in [4.78, 5) is 27.2. The zero-order chi connectivity index (χ0) is 24.9. The molecule has 1 aliphatic heterocycles. The van der Waals surface area contributed by atoms with E-state index in [2.05, 4.69) is 10.4 Å². The van der Waals surface area contributed by atoms with Crippen molar-refractivity contribution in [3.63, 3.8) is 0 Å². The van der Waals surface area contributed by atoms with Crippen molar-refractivity contribution >= 4 is 23.3 Å².